The fourth-order valence-corrected chi connectivity index (χ4v) is 1.54. The summed E-state index contributed by atoms with van der Waals surface area (Å²) in [4.78, 5) is 12.4. The van der Waals surface area contributed by atoms with E-state index in [4.69, 9.17) is 9.84 Å². The van der Waals surface area contributed by atoms with Gasteiger partial charge in [0, 0.05) is 19.2 Å². The standard InChI is InChI=1S/C14H19NO3/c1-15(10-3-4-14(16)17)11-9-12-5-7-13(18-2)8-6-12/h3-8H,9-11H2,1-2H3,(H,16,17)/b4-3+. The second-order valence-corrected chi connectivity index (χ2v) is 4.10. The molecule has 0 heterocycles. The molecule has 0 spiro atoms. The maximum Gasteiger partial charge on any atom is 0.328 e. The second-order valence-electron chi connectivity index (χ2n) is 4.10. The Morgan fingerprint density at radius 1 is 1.39 bits per heavy atom. The van der Waals surface area contributed by atoms with Gasteiger partial charge in [0.1, 0.15) is 5.75 Å². The summed E-state index contributed by atoms with van der Waals surface area (Å²) in [5.74, 6) is -0.0462. The Bertz CT molecular complexity index is 398. The summed E-state index contributed by atoms with van der Waals surface area (Å²) in [7, 11) is 3.62. The molecule has 4 nitrogen and oxygen atoms in total. The number of rotatable bonds is 7. The van der Waals surface area contributed by atoms with E-state index in [2.05, 4.69) is 4.90 Å². The van der Waals surface area contributed by atoms with Crippen LogP contribution in [-0.4, -0.2) is 43.2 Å². The van der Waals surface area contributed by atoms with Crippen molar-refractivity contribution in [3.63, 3.8) is 0 Å². The van der Waals surface area contributed by atoms with Crippen LogP contribution in [0.2, 0.25) is 0 Å². The number of benzene rings is 1. The first kappa shape index (κ1) is 14.3. The van der Waals surface area contributed by atoms with Crippen LogP contribution in [0.1, 0.15) is 5.56 Å². The summed E-state index contributed by atoms with van der Waals surface area (Å²) in [6, 6.07) is 7.97. The van der Waals surface area contributed by atoms with Crippen LogP contribution >= 0.6 is 0 Å². The molecule has 0 aliphatic heterocycles. The van der Waals surface area contributed by atoms with Crippen LogP contribution in [-0.2, 0) is 11.2 Å². The predicted molar refractivity (Wildman–Crippen MR) is 71.0 cm³/mol. The summed E-state index contributed by atoms with van der Waals surface area (Å²) in [6.45, 7) is 1.53. The third-order valence-electron chi connectivity index (χ3n) is 2.62. The lowest BCUT2D eigenvalue weighted by Gasteiger charge is -2.14. The highest BCUT2D eigenvalue weighted by atomic mass is 16.5. The van der Waals surface area contributed by atoms with E-state index < -0.39 is 5.97 Å². The van der Waals surface area contributed by atoms with E-state index in [9.17, 15) is 4.79 Å². The first-order chi connectivity index (χ1) is 8.61. The maximum atomic E-state index is 10.3. The molecular formula is C14H19NO3. The average Bonchev–Trinajstić information content (AvgIpc) is 2.36. The quantitative estimate of drug-likeness (QED) is 0.749. The van der Waals surface area contributed by atoms with Gasteiger partial charge in [-0.05, 0) is 31.2 Å². The largest absolute Gasteiger partial charge is 0.497 e. The van der Waals surface area contributed by atoms with Crippen LogP contribution in [0.4, 0.5) is 0 Å². The number of carbonyl (C=O) groups is 1. The third kappa shape index (κ3) is 5.50. The van der Waals surface area contributed by atoms with Gasteiger partial charge in [-0.3, -0.25) is 0 Å². The van der Waals surface area contributed by atoms with Gasteiger partial charge in [-0.25, -0.2) is 4.79 Å². The lowest BCUT2D eigenvalue weighted by atomic mass is 10.1. The Balaban J connectivity index is 2.32. The molecule has 0 bridgehead atoms. The molecular weight excluding hydrogens is 230 g/mol. The predicted octanol–water partition coefficient (Wildman–Crippen LogP) is 1.81. The summed E-state index contributed by atoms with van der Waals surface area (Å²) in [6.07, 6.45) is 3.75. The van der Waals surface area contributed by atoms with Gasteiger partial charge >= 0.3 is 5.97 Å². The molecule has 1 aromatic carbocycles. The maximum absolute atomic E-state index is 10.3. The topological polar surface area (TPSA) is 49.8 Å². The lowest BCUT2D eigenvalue weighted by Crippen LogP contribution is -2.21. The molecule has 0 saturated carbocycles. The van der Waals surface area contributed by atoms with Crippen molar-refractivity contribution in [2.75, 3.05) is 27.2 Å². The molecule has 0 aromatic heterocycles. The van der Waals surface area contributed by atoms with E-state index >= 15 is 0 Å². The molecule has 18 heavy (non-hydrogen) atoms. The van der Waals surface area contributed by atoms with E-state index in [-0.39, 0.29) is 0 Å². The van der Waals surface area contributed by atoms with Gasteiger partial charge < -0.3 is 14.7 Å². The Kier molecular flexibility index (Phi) is 5.94. The zero-order valence-corrected chi connectivity index (χ0v) is 10.8. The van der Waals surface area contributed by atoms with Crippen LogP contribution in [0.15, 0.2) is 36.4 Å². The number of aliphatic carboxylic acids is 1. The molecule has 0 atom stereocenters. The van der Waals surface area contributed by atoms with Crippen molar-refractivity contribution in [1.29, 1.82) is 0 Å². The number of likely N-dealkylation sites (N-methyl/N-ethyl adjacent to an activating group) is 1. The van der Waals surface area contributed by atoms with Gasteiger partial charge in [0.15, 0.2) is 0 Å². The van der Waals surface area contributed by atoms with E-state index in [0.29, 0.717) is 6.54 Å². The van der Waals surface area contributed by atoms with Crippen LogP contribution in [0.25, 0.3) is 0 Å². The van der Waals surface area contributed by atoms with E-state index in [1.165, 1.54) is 11.6 Å². The molecule has 0 aliphatic rings. The normalized spacial score (nSPS) is 11.1. The van der Waals surface area contributed by atoms with Gasteiger partial charge in [-0.15, -0.1) is 0 Å². The Labute approximate surface area is 107 Å². The summed E-state index contributed by atoms with van der Waals surface area (Å²) in [5.41, 5.74) is 1.24. The monoisotopic (exact) mass is 249 g/mol. The van der Waals surface area contributed by atoms with Crippen molar-refractivity contribution in [1.82, 2.24) is 4.90 Å². The smallest absolute Gasteiger partial charge is 0.328 e. The minimum absolute atomic E-state index is 0.641. The number of hydrogen-bond donors (Lipinski definition) is 1. The molecule has 0 aliphatic carbocycles. The van der Waals surface area contributed by atoms with Crippen LogP contribution in [0.5, 0.6) is 5.75 Å². The third-order valence-corrected chi connectivity index (χ3v) is 2.62. The van der Waals surface area contributed by atoms with Crippen molar-refractivity contribution in [3.05, 3.63) is 42.0 Å². The highest BCUT2D eigenvalue weighted by Gasteiger charge is 1.98. The fraction of sp³-hybridized carbons (Fsp3) is 0.357. The van der Waals surface area contributed by atoms with Crippen molar-refractivity contribution in [2.24, 2.45) is 0 Å². The molecule has 1 aromatic rings. The van der Waals surface area contributed by atoms with Gasteiger partial charge in [0.25, 0.3) is 0 Å². The minimum atomic E-state index is -0.904. The number of nitrogens with zero attached hydrogens (tertiary/aromatic N) is 1. The fourth-order valence-electron chi connectivity index (χ4n) is 1.54. The van der Waals surface area contributed by atoms with Crippen molar-refractivity contribution in [2.45, 2.75) is 6.42 Å². The van der Waals surface area contributed by atoms with Crippen LogP contribution < -0.4 is 4.74 Å². The number of carboxylic acids is 1. The minimum Gasteiger partial charge on any atom is -0.497 e. The van der Waals surface area contributed by atoms with Crippen molar-refractivity contribution in [3.8, 4) is 5.75 Å². The zero-order valence-electron chi connectivity index (χ0n) is 10.8. The number of ether oxygens (including phenoxy) is 1. The SMILES string of the molecule is COc1ccc(CCN(C)C/C=C/C(=O)O)cc1. The number of methoxy groups -OCH3 is 1. The highest BCUT2D eigenvalue weighted by Crippen LogP contribution is 2.11. The summed E-state index contributed by atoms with van der Waals surface area (Å²) < 4.78 is 5.10. The van der Waals surface area contributed by atoms with E-state index in [0.717, 1.165) is 18.7 Å². The average molecular weight is 249 g/mol. The van der Waals surface area contributed by atoms with Gasteiger partial charge in [0.05, 0.1) is 7.11 Å². The lowest BCUT2D eigenvalue weighted by molar-refractivity contribution is -0.131. The van der Waals surface area contributed by atoms with Crippen LogP contribution in [0, 0.1) is 0 Å². The molecule has 0 unspecified atom stereocenters. The molecule has 1 N–H and O–H groups in total. The van der Waals surface area contributed by atoms with Crippen LogP contribution in [0.3, 0.4) is 0 Å². The van der Waals surface area contributed by atoms with Crippen molar-refractivity contribution >= 4 is 5.97 Å². The number of hydrogen-bond acceptors (Lipinski definition) is 3. The molecule has 98 valence electrons. The van der Waals surface area contributed by atoms with E-state index in [1.54, 1.807) is 13.2 Å². The molecule has 0 radical (unpaired) electrons. The first-order valence-electron chi connectivity index (χ1n) is 5.82. The van der Waals surface area contributed by atoms with E-state index in [1.807, 2.05) is 31.3 Å². The summed E-state index contributed by atoms with van der Waals surface area (Å²) in [5, 5.41) is 8.47. The molecule has 0 amide bonds. The van der Waals surface area contributed by atoms with Gasteiger partial charge in [-0.2, -0.15) is 0 Å². The molecule has 1 rings (SSSR count). The van der Waals surface area contributed by atoms with Gasteiger partial charge in [-0.1, -0.05) is 18.2 Å². The number of carboxylic acid groups (broad SMARTS) is 1. The Morgan fingerprint density at radius 2 is 2.06 bits per heavy atom. The molecule has 4 heteroatoms. The zero-order chi connectivity index (χ0) is 13.4. The second kappa shape index (κ2) is 7.50. The summed E-state index contributed by atoms with van der Waals surface area (Å²) >= 11 is 0. The Morgan fingerprint density at radius 3 is 2.61 bits per heavy atom. The van der Waals surface area contributed by atoms with Crippen molar-refractivity contribution < 1.29 is 14.6 Å². The highest BCUT2D eigenvalue weighted by molar-refractivity contribution is 5.79. The first-order valence-corrected chi connectivity index (χ1v) is 5.82. The Hall–Kier alpha value is -1.81. The van der Waals surface area contributed by atoms with Gasteiger partial charge in [0.2, 0.25) is 0 Å². The molecule has 0 fully saturated rings. The molecule has 0 saturated heterocycles.